The van der Waals surface area contributed by atoms with Gasteiger partial charge in [0.15, 0.2) is 5.11 Å². The van der Waals surface area contributed by atoms with Gasteiger partial charge in [-0.25, -0.2) is 0 Å². The molecule has 0 radical (unpaired) electrons. The minimum atomic E-state index is 0.293. The number of hydrogen-bond donors (Lipinski definition) is 2. The Bertz CT molecular complexity index is 759. The van der Waals surface area contributed by atoms with Gasteiger partial charge in [-0.05, 0) is 73.5 Å². The van der Waals surface area contributed by atoms with E-state index in [1.807, 2.05) is 36.4 Å². The van der Waals surface area contributed by atoms with Crippen molar-refractivity contribution in [2.45, 2.75) is 31.8 Å². The second-order valence-electron chi connectivity index (χ2n) is 7.30. The summed E-state index contributed by atoms with van der Waals surface area (Å²) in [4.78, 5) is 2.56. The summed E-state index contributed by atoms with van der Waals surface area (Å²) >= 11 is 5.53. The highest BCUT2D eigenvalue weighted by atomic mass is 32.1. The molecule has 0 aromatic heterocycles. The fraction of sp³-hybridized carbons (Fsp3) is 0.435. The zero-order chi connectivity index (χ0) is 20.5. The van der Waals surface area contributed by atoms with Gasteiger partial charge in [-0.3, -0.25) is 4.90 Å². The summed E-state index contributed by atoms with van der Waals surface area (Å²) in [5.41, 5.74) is 2.45. The molecule has 1 fully saturated rings. The highest BCUT2D eigenvalue weighted by Crippen LogP contribution is 2.25. The van der Waals surface area contributed by atoms with Crippen LogP contribution in [-0.4, -0.2) is 43.9 Å². The normalized spacial score (nSPS) is 15.4. The topological polar surface area (TPSA) is 45.8 Å². The van der Waals surface area contributed by atoms with Gasteiger partial charge in [0.2, 0.25) is 0 Å². The third-order valence-corrected chi connectivity index (χ3v) is 5.69. The van der Waals surface area contributed by atoms with Gasteiger partial charge in [0, 0.05) is 13.1 Å². The first-order valence-corrected chi connectivity index (χ1v) is 10.6. The molecule has 1 saturated heterocycles. The summed E-state index contributed by atoms with van der Waals surface area (Å²) in [6.45, 7) is 3.72. The molecule has 1 unspecified atom stereocenters. The Kier molecular flexibility index (Phi) is 8.14. The average Bonchev–Trinajstić information content (AvgIpc) is 2.79. The molecule has 2 aromatic carbocycles. The van der Waals surface area contributed by atoms with Crippen molar-refractivity contribution >= 4 is 17.3 Å². The quantitative estimate of drug-likeness (QED) is 0.640. The van der Waals surface area contributed by atoms with Crippen molar-refractivity contribution in [1.82, 2.24) is 15.5 Å². The molecule has 5 nitrogen and oxygen atoms in total. The maximum Gasteiger partial charge on any atom is 0.166 e. The van der Waals surface area contributed by atoms with Crippen LogP contribution in [0.2, 0.25) is 0 Å². The van der Waals surface area contributed by atoms with E-state index in [1.54, 1.807) is 14.2 Å². The molecule has 3 rings (SSSR count). The first-order chi connectivity index (χ1) is 14.2. The molecule has 0 aliphatic carbocycles. The van der Waals surface area contributed by atoms with Gasteiger partial charge in [-0.15, -0.1) is 0 Å². The third-order valence-electron chi connectivity index (χ3n) is 5.40. The van der Waals surface area contributed by atoms with Gasteiger partial charge < -0.3 is 20.1 Å². The summed E-state index contributed by atoms with van der Waals surface area (Å²) in [6.07, 6.45) is 3.83. The van der Waals surface area contributed by atoms with Crippen LogP contribution >= 0.6 is 12.2 Å². The monoisotopic (exact) mass is 413 g/mol. The fourth-order valence-corrected chi connectivity index (χ4v) is 3.85. The molecule has 1 aliphatic heterocycles. The maximum atomic E-state index is 5.53. The Morgan fingerprint density at radius 2 is 1.48 bits per heavy atom. The van der Waals surface area contributed by atoms with Crippen molar-refractivity contribution in [2.24, 2.45) is 0 Å². The summed E-state index contributed by atoms with van der Waals surface area (Å²) in [6, 6.07) is 16.7. The van der Waals surface area contributed by atoms with Gasteiger partial charge in [-0.1, -0.05) is 30.7 Å². The number of likely N-dealkylation sites (tertiary alicyclic amines) is 1. The summed E-state index contributed by atoms with van der Waals surface area (Å²) < 4.78 is 10.5. The molecular weight excluding hydrogens is 382 g/mol. The standard InChI is InChI=1S/C23H31N3O2S/c1-27-20-10-6-18(7-11-20)16-24-23(29)25-17-22(26-14-4-3-5-15-26)19-8-12-21(28-2)13-9-19/h6-13,22H,3-5,14-17H2,1-2H3,(H2,24,25,29). The minimum Gasteiger partial charge on any atom is -0.497 e. The molecule has 1 heterocycles. The summed E-state index contributed by atoms with van der Waals surface area (Å²) in [5, 5.41) is 7.41. The van der Waals surface area contributed by atoms with Crippen LogP contribution in [0.1, 0.15) is 36.4 Å². The highest BCUT2D eigenvalue weighted by Gasteiger charge is 2.22. The van der Waals surface area contributed by atoms with Crippen LogP contribution in [0.3, 0.4) is 0 Å². The van der Waals surface area contributed by atoms with Crippen LogP contribution in [0.25, 0.3) is 0 Å². The minimum absolute atomic E-state index is 0.293. The SMILES string of the molecule is COc1ccc(CNC(=S)NCC(c2ccc(OC)cc2)N2CCCCC2)cc1. The van der Waals surface area contributed by atoms with Crippen LogP contribution in [0, 0.1) is 0 Å². The second kappa shape index (κ2) is 11.0. The lowest BCUT2D eigenvalue weighted by Gasteiger charge is -2.35. The second-order valence-corrected chi connectivity index (χ2v) is 7.71. The molecule has 29 heavy (non-hydrogen) atoms. The van der Waals surface area contributed by atoms with Crippen LogP contribution in [-0.2, 0) is 6.54 Å². The molecule has 2 aromatic rings. The van der Waals surface area contributed by atoms with E-state index in [-0.39, 0.29) is 0 Å². The molecule has 2 N–H and O–H groups in total. The molecule has 0 spiro atoms. The first-order valence-electron chi connectivity index (χ1n) is 10.2. The lowest BCUT2D eigenvalue weighted by atomic mass is 10.0. The zero-order valence-corrected chi connectivity index (χ0v) is 18.1. The maximum absolute atomic E-state index is 5.53. The molecule has 0 amide bonds. The largest absolute Gasteiger partial charge is 0.497 e. The van der Waals surface area contributed by atoms with E-state index in [4.69, 9.17) is 21.7 Å². The van der Waals surface area contributed by atoms with Crippen molar-refractivity contribution in [3.8, 4) is 11.5 Å². The number of nitrogens with zero attached hydrogens (tertiary/aromatic N) is 1. The Balaban J connectivity index is 1.56. The summed E-state index contributed by atoms with van der Waals surface area (Å²) in [7, 11) is 3.37. The van der Waals surface area contributed by atoms with E-state index in [0.717, 1.165) is 36.7 Å². The van der Waals surface area contributed by atoms with Crippen molar-refractivity contribution < 1.29 is 9.47 Å². The number of thiocarbonyl (C=S) groups is 1. The average molecular weight is 414 g/mol. The van der Waals surface area contributed by atoms with Crippen LogP contribution in [0.4, 0.5) is 0 Å². The Morgan fingerprint density at radius 1 is 0.897 bits per heavy atom. The lowest BCUT2D eigenvalue weighted by molar-refractivity contribution is 0.164. The smallest absolute Gasteiger partial charge is 0.166 e. The van der Waals surface area contributed by atoms with Crippen molar-refractivity contribution in [2.75, 3.05) is 33.9 Å². The van der Waals surface area contributed by atoms with Crippen LogP contribution < -0.4 is 20.1 Å². The van der Waals surface area contributed by atoms with E-state index in [2.05, 4.69) is 27.7 Å². The molecule has 156 valence electrons. The van der Waals surface area contributed by atoms with Gasteiger partial charge in [0.25, 0.3) is 0 Å². The van der Waals surface area contributed by atoms with Gasteiger partial charge in [-0.2, -0.15) is 0 Å². The van der Waals surface area contributed by atoms with Gasteiger partial charge in [0.05, 0.1) is 20.3 Å². The Labute approximate surface area is 179 Å². The van der Waals surface area contributed by atoms with Crippen LogP contribution in [0.5, 0.6) is 11.5 Å². The number of methoxy groups -OCH3 is 2. The van der Waals surface area contributed by atoms with E-state index in [1.165, 1.54) is 24.8 Å². The molecular formula is C23H31N3O2S. The predicted octanol–water partition coefficient (Wildman–Crippen LogP) is 3.90. The molecule has 0 saturated carbocycles. The van der Waals surface area contributed by atoms with E-state index in [9.17, 15) is 0 Å². The number of hydrogen-bond acceptors (Lipinski definition) is 4. The summed E-state index contributed by atoms with van der Waals surface area (Å²) in [5.74, 6) is 1.74. The Morgan fingerprint density at radius 3 is 2.07 bits per heavy atom. The first kappa shape index (κ1) is 21.4. The zero-order valence-electron chi connectivity index (χ0n) is 17.3. The predicted molar refractivity (Wildman–Crippen MR) is 122 cm³/mol. The van der Waals surface area contributed by atoms with E-state index in [0.29, 0.717) is 17.7 Å². The highest BCUT2D eigenvalue weighted by molar-refractivity contribution is 7.80. The molecule has 1 aliphatic rings. The molecule has 6 heteroatoms. The van der Waals surface area contributed by atoms with Gasteiger partial charge in [0.1, 0.15) is 11.5 Å². The number of nitrogens with one attached hydrogen (secondary N) is 2. The number of piperidine rings is 1. The van der Waals surface area contributed by atoms with Crippen molar-refractivity contribution in [1.29, 1.82) is 0 Å². The fourth-order valence-electron chi connectivity index (χ4n) is 3.69. The third kappa shape index (κ3) is 6.34. The van der Waals surface area contributed by atoms with Crippen molar-refractivity contribution in [3.05, 3.63) is 59.7 Å². The molecule has 1 atom stereocenters. The number of benzene rings is 2. The lowest BCUT2D eigenvalue weighted by Crippen LogP contribution is -2.43. The van der Waals surface area contributed by atoms with Crippen molar-refractivity contribution in [3.63, 3.8) is 0 Å². The number of rotatable bonds is 8. The van der Waals surface area contributed by atoms with Crippen LogP contribution in [0.15, 0.2) is 48.5 Å². The Hall–Kier alpha value is -2.31. The van der Waals surface area contributed by atoms with E-state index >= 15 is 0 Å². The van der Waals surface area contributed by atoms with E-state index < -0.39 is 0 Å². The number of ether oxygens (including phenoxy) is 2. The molecule has 0 bridgehead atoms. The van der Waals surface area contributed by atoms with Gasteiger partial charge >= 0.3 is 0 Å².